The van der Waals surface area contributed by atoms with E-state index in [0.29, 0.717) is 24.0 Å². The summed E-state index contributed by atoms with van der Waals surface area (Å²) in [4.78, 5) is 30.3. The molecule has 1 fully saturated rings. The number of nitrogens with zero attached hydrogens (tertiary/aromatic N) is 3. The topological polar surface area (TPSA) is 74.1 Å². The molecule has 0 radical (unpaired) electrons. The fourth-order valence-electron chi connectivity index (χ4n) is 3.35. The fourth-order valence-corrected chi connectivity index (χ4v) is 3.35. The molecule has 21 heavy (non-hydrogen) atoms. The molecule has 2 heterocycles. The highest BCUT2D eigenvalue weighted by atomic mass is 16.2. The number of rotatable bonds is 1. The molecule has 0 atom stereocenters. The number of amides is 2. The molecule has 5 nitrogen and oxygen atoms in total. The molecule has 2 aliphatic rings. The van der Waals surface area contributed by atoms with Crippen LogP contribution in [0.2, 0.25) is 0 Å². The molecule has 2 amide bonds. The second kappa shape index (κ2) is 5.28. The van der Waals surface area contributed by atoms with Crippen molar-refractivity contribution in [2.24, 2.45) is 0 Å². The Morgan fingerprint density at radius 2 is 1.67 bits per heavy atom. The second-order valence-electron chi connectivity index (χ2n) is 5.78. The summed E-state index contributed by atoms with van der Waals surface area (Å²) in [6.07, 6.45) is 9.08. The van der Waals surface area contributed by atoms with Gasteiger partial charge in [0.1, 0.15) is 5.54 Å². The van der Waals surface area contributed by atoms with Gasteiger partial charge >= 0.3 is 0 Å². The van der Waals surface area contributed by atoms with E-state index >= 15 is 0 Å². The van der Waals surface area contributed by atoms with Crippen LogP contribution in [0.5, 0.6) is 0 Å². The average molecular weight is 283 g/mol. The molecular formula is C16H17N3O2. The van der Waals surface area contributed by atoms with Crippen molar-refractivity contribution < 1.29 is 9.59 Å². The smallest absolute Gasteiger partial charge is 0.264 e. The first-order valence-corrected chi connectivity index (χ1v) is 7.44. The molecule has 5 heteroatoms. The number of nitriles is 1. The Bertz CT molecular complexity index is 590. The van der Waals surface area contributed by atoms with E-state index in [-0.39, 0.29) is 11.8 Å². The van der Waals surface area contributed by atoms with E-state index in [9.17, 15) is 14.9 Å². The van der Waals surface area contributed by atoms with Crippen LogP contribution in [0.4, 0.5) is 0 Å². The number of hydrogen-bond donors (Lipinski definition) is 0. The predicted octanol–water partition coefficient (Wildman–Crippen LogP) is 2.68. The average Bonchev–Trinajstić information content (AvgIpc) is 2.73. The second-order valence-corrected chi connectivity index (χ2v) is 5.78. The zero-order chi connectivity index (χ0) is 14.9. The molecule has 1 aromatic heterocycles. The van der Waals surface area contributed by atoms with Gasteiger partial charge in [-0.25, -0.2) is 0 Å². The molecule has 108 valence electrons. The van der Waals surface area contributed by atoms with Crippen molar-refractivity contribution in [1.29, 1.82) is 5.26 Å². The fraction of sp³-hybridized carbons (Fsp3) is 0.500. The first-order valence-electron chi connectivity index (χ1n) is 7.44. The summed E-state index contributed by atoms with van der Waals surface area (Å²) >= 11 is 0. The number of aromatic nitrogens is 1. The van der Waals surface area contributed by atoms with Crippen LogP contribution in [-0.2, 0) is 0 Å². The molecule has 1 saturated carbocycles. The van der Waals surface area contributed by atoms with E-state index in [2.05, 4.69) is 11.1 Å². The van der Waals surface area contributed by atoms with Gasteiger partial charge in [-0.3, -0.25) is 19.5 Å². The van der Waals surface area contributed by atoms with Crippen LogP contribution in [0.3, 0.4) is 0 Å². The number of carbonyl (C=O) groups is 2. The largest absolute Gasteiger partial charge is 0.269 e. The van der Waals surface area contributed by atoms with Crippen molar-refractivity contribution in [1.82, 2.24) is 9.88 Å². The Morgan fingerprint density at radius 1 is 1.05 bits per heavy atom. The van der Waals surface area contributed by atoms with Crippen molar-refractivity contribution >= 4 is 11.8 Å². The highest BCUT2D eigenvalue weighted by Crippen LogP contribution is 2.37. The van der Waals surface area contributed by atoms with Crippen LogP contribution in [0.25, 0.3) is 0 Å². The normalized spacial score (nSPS) is 21.4. The van der Waals surface area contributed by atoms with Crippen molar-refractivity contribution in [3.05, 3.63) is 29.6 Å². The lowest BCUT2D eigenvalue weighted by Crippen LogP contribution is -2.51. The van der Waals surface area contributed by atoms with Crippen LogP contribution in [0.1, 0.15) is 65.7 Å². The standard InChI is InChI=1S/C16H17N3O2/c17-11-16(7-4-2-1-3-5-8-16)19-14(20)12-6-9-18-10-13(12)15(19)21/h6,9-10H,1-5,7-8H2. The number of hydrogen-bond acceptors (Lipinski definition) is 4. The molecule has 0 saturated heterocycles. The van der Waals surface area contributed by atoms with E-state index in [4.69, 9.17) is 0 Å². The quantitative estimate of drug-likeness (QED) is 0.743. The zero-order valence-electron chi connectivity index (χ0n) is 11.8. The van der Waals surface area contributed by atoms with E-state index in [1.54, 1.807) is 6.07 Å². The molecule has 0 aromatic carbocycles. The maximum atomic E-state index is 12.6. The Hall–Kier alpha value is -2.22. The number of carbonyl (C=O) groups excluding carboxylic acids is 2. The van der Waals surface area contributed by atoms with E-state index in [1.165, 1.54) is 17.3 Å². The van der Waals surface area contributed by atoms with E-state index < -0.39 is 5.54 Å². The van der Waals surface area contributed by atoms with Gasteiger partial charge < -0.3 is 0 Å². The van der Waals surface area contributed by atoms with Crippen LogP contribution in [-0.4, -0.2) is 27.2 Å². The van der Waals surface area contributed by atoms with Gasteiger partial charge in [-0.1, -0.05) is 32.1 Å². The van der Waals surface area contributed by atoms with Crippen LogP contribution >= 0.6 is 0 Å². The van der Waals surface area contributed by atoms with Gasteiger partial charge in [0, 0.05) is 12.4 Å². The van der Waals surface area contributed by atoms with E-state index in [1.807, 2.05) is 0 Å². The van der Waals surface area contributed by atoms with E-state index in [0.717, 1.165) is 32.1 Å². The molecule has 1 aliphatic carbocycles. The Morgan fingerprint density at radius 3 is 2.29 bits per heavy atom. The molecule has 0 unspecified atom stereocenters. The Kier molecular flexibility index (Phi) is 3.46. The van der Waals surface area contributed by atoms with Gasteiger partial charge in [-0.15, -0.1) is 0 Å². The summed E-state index contributed by atoms with van der Waals surface area (Å²) in [5, 5.41) is 9.72. The van der Waals surface area contributed by atoms with Crippen molar-refractivity contribution in [2.45, 2.75) is 50.5 Å². The molecular weight excluding hydrogens is 266 g/mol. The Labute approximate surface area is 123 Å². The maximum absolute atomic E-state index is 12.6. The summed E-state index contributed by atoms with van der Waals surface area (Å²) in [5.41, 5.74) is -0.306. The minimum absolute atomic E-state index is 0.319. The van der Waals surface area contributed by atoms with Gasteiger partial charge in [0.05, 0.1) is 17.2 Å². The summed E-state index contributed by atoms with van der Waals surface area (Å²) in [6, 6.07) is 3.85. The van der Waals surface area contributed by atoms with Gasteiger partial charge in [0.15, 0.2) is 0 Å². The summed E-state index contributed by atoms with van der Waals surface area (Å²) in [6.45, 7) is 0. The molecule has 0 bridgehead atoms. The monoisotopic (exact) mass is 283 g/mol. The van der Waals surface area contributed by atoms with Crippen molar-refractivity contribution in [3.8, 4) is 6.07 Å². The van der Waals surface area contributed by atoms with Gasteiger partial charge in [-0.2, -0.15) is 5.26 Å². The van der Waals surface area contributed by atoms with Crippen LogP contribution in [0.15, 0.2) is 18.5 Å². The predicted molar refractivity (Wildman–Crippen MR) is 75.4 cm³/mol. The summed E-state index contributed by atoms with van der Waals surface area (Å²) in [7, 11) is 0. The molecule has 1 aromatic rings. The van der Waals surface area contributed by atoms with Gasteiger partial charge in [0.25, 0.3) is 11.8 Å². The third kappa shape index (κ3) is 2.11. The highest BCUT2D eigenvalue weighted by molar-refractivity contribution is 6.21. The lowest BCUT2D eigenvalue weighted by atomic mass is 9.83. The summed E-state index contributed by atoms with van der Waals surface area (Å²) < 4.78 is 0. The minimum Gasteiger partial charge on any atom is -0.269 e. The minimum atomic E-state index is -0.992. The van der Waals surface area contributed by atoms with Gasteiger partial charge in [-0.05, 0) is 18.9 Å². The number of pyridine rings is 1. The van der Waals surface area contributed by atoms with Crippen LogP contribution in [0, 0.1) is 11.3 Å². The maximum Gasteiger partial charge on any atom is 0.264 e. The molecule has 1 aliphatic heterocycles. The molecule has 0 N–H and O–H groups in total. The SMILES string of the molecule is N#CC1(N2C(=O)c3ccncc3C2=O)CCCCCCC1. The van der Waals surface area contributed by atoms with Gasteiger partial charge in [0.2, 0.25) is 0 Å². The first-order chi connectivity index (χ1) is 10.2. The van der Waals surface area contributed by atoms with Crippen molar-refractivity contribution in [2.75, 3.05) is 0 Å². The lowest BCUT2D eigenvalue weighted by molar-refractivity contribution is 0.0466. The number of fused-ring (bicyclic) bond motifs is 1. The highest BCUT2D eigenvalue weighted by Gasteiger charge is 2.49. The molecule has 0 spiro atoms. The number of imide groups is 1. The first kappa shape index (κ1) is 13.7. The van der Waals surface area contributed by atoms with Crippen LogP contribution < -0.4 is 0 Å². The summed E-state index contributed by atoms with van der Waals surface area (Å²) in [5.74, 6) is -0.718. The third-order valence-electron chi connectivity index (χ3n) is 4.50. The molecule has 3 rings (SSSR count). The lowest BCUT2D eigenvalue weighted by Gasteiger charge is -2.35. The zero-order valence-corrected chi connectivity index (χ0v) is 11.8. The third-order valence-corrected chi connectivity index (χ3v) is 4.50. The Balaban J connectivity index is 2.01. The van der Waals surface area contributed by atoms with Crippen molar-refractivity contribution in [3.63, 3.8) is 0 Å².